The number of nitrogens with two attached hydrogens (primary N) is 1. The molecule has 0 radical (unpaired) electrons. The van der Waals surface area contributed by atoms with Gasteiger partial charge in [0.2, 0.25) is 29.1 Å². The second-order valence-electron chi connectivity index (χ2n) is 4.87. The molecule has 0 saturated carbocycles. The molecule has 2 aromatic carbocycles. The lowest BCUT2D eigenvalue weighted by Crippen LogP contribution is -2.08. The van der Waals surface area contributed by atoms with Gasteiger partial charge in [-0.05, 0) is 30.7 Å². The van der Waals surface area contributed by atoms with E-state index < -0.39 is 41.4 Å². The van der Waals surface area contributed by atoms with Crippen LogP contribution in [0.15, 0.2) is 18.2 Å². The van der Waals surface area contributed by atoms with E-state index in [0.717, 1.165) is 5.56 Å². The average Bonchev–Trinajstić information content (AvgIpc) is 2.58. The van der Waals surface area contributed by atoms with Crippen molar-refractivity contribution < 1.29 is 31.4 Å². The topological polar surface area (TPSA) is 44.5 Å². The van der Waals surface area contributed by atoms with Crippen LogP contribution < -0.4 is 15.2 Å². The molecule has 0 unspecified atom stereocenters. The standard InChI is InChI=1S/C16H14F5NO2/c1-23-10-3-2-8(4-5-22)6-9(10)7-24-16-14(20)12(18)11(17)13(19)15(16)21/h2-3,6H,4-5,7,22H2,1H3. The lowest BCUT2D eigenvalue weighted by molar-refractivity contribution is 0.249. The van der Waals surface area contributed by atoms with Gasteiger partial charge in [0.1, 0.15) is 12.4 Å². The first-order valence-corrected chi connectivity index (χ1v) is 6.90. The molecule has 2 aromatic rings. The second kappa shape index (κ2) is 7.48. The molecule has 24 heavy (non-hydrogen) atoms. The highest BCUT2D eigenvalue weighted by Gasteiger charge is 2.27. The fraction of sp³-hybridized carbons (Fsp3) is 0.250. The molecule has 0 atom stereocenters. The molecule has 0 heterocycles. The summed E-state index contributed by atoms with van der Waals surface area (Å²) >= 11 is 0. The van der Waals surface area contributed by atoms with Gasteiger partial charge in [-0.3, -0.25) is 0 Å². The van der Waals surface area contributed by atoms with Gasteiger partial charge in [0.25, 0.3) is 0 Å². The lowest BCUT2D eigenvalue weighted by Gasteiger charge is -2.13. The van der Waals surface area contributed by atoms with Crippen molar-refractivity contribution in [3.8, 4) is 11.5 Å². The zero-order valence-corrected chi connectivity index (χ0v) is 12.6. The van der Waals surface area contributed by atoms with Gasteiger partial charge in [-0.1, -0.05) is 6.07 Å². The summed E-state index contributed by atoms with van der Waals surface area (Å²) in [6, 6.07) is 4.97. The van der Waals surface area contributed by atoms with Gasteiger partial charge < -0.3 is 15.2 Å². The van der Waals surface area contributed by atoms with E-state index >= 15 is 0 Å². The summed E-state index contributed by atoms with van der Waals surface area (Å²) < 4.78 is 76.4. The van der Waals surface area contributed by atoms with Gasteiger partial charge in [0.15, 0.2) is 5.75 Å². The Hall–Kier alpha value is -2.35. The maximum Gasteiger partial charge on any atom is 0.207 e. The van der Waals surface area contributed by atoms with Crippen molar-refractivity contribution in [2.45, 2.75) is 13.0 Å². The van der Waals surface area contributed by atoms with Crippen LogP contribution in [0.2, 0.25) is 0 Å². The molecule has 0 aromatic heterocycles. The molecule has 0 aliphatic carbocycles. The highest BCUT2D eigenvalue weighted by atomic mass is 19.2. The Morgan fingerprint density at radius 3 is 2.04 bits per heavy atom. The third-order valence-corrected chi connectivity index (χ3v) is 3.32. The van der Waals surface area contributed by atoms with Crippen LogP contribution in [-0.2, 0) is 13.0 Å². The van der Waals surface area contributed by atoms with Crippen LogP contribution in [0.3, 0.4) is 0 Å². The fourth-order valence-corrected chi connectivity index (χ4v) is 2.13. The zero-order chi connectivity index (χ0) is 17.9. The quantitative estimate of drug-likeness (QED) is 0.494. The molecule has 0 amide bonds. The summed E-state index contributed by atoms with van der Waals surface area (Å²) in [4.78, 5) is 0. The maximum atomic E-state index is 13.6. The molecule has 2 N–H and O–H groups in total. The monoisotopic (exact) mass is 347 g/mol. The summed E-state index contributed by atoms with van der Waals surface area (Å²) in [5.41, 5.74) is 6.65. The van der Waals surface area contributed by atoms with E-state index in [1.807, 2.05) is 0 Å². The van der Waals surface area contributed by atoms with E-state index in [-0.39, 0.29) is 0 Å². The summed E-state index contributed by atoms with van der Waals surface area (Å²) in [6.07, 6.45) is 0.541. The predicted octanol–water partition coefficient (Wildman–Crippen LogP) is 3.47. The Morgan fingerprint density at radius 2 is 1.50 bits per heavy atom. The smallest absolute Gasteiger partial charge is 0.207 e. The highest BCUT2D eigenvalue weighted by molar-refractivity contribution is 5.38. The molecule has 0 spiro atoms. The minimum absolute atomic E-state index is 0.347. The molecule has 3 nitrogen and oxygen atoms in total. The molecule has 8 heteroatoms. The molecule has 0 aliphatic heterocycles. The molecule has 0 saturated heterocycles. The lowest BCUT2D eigenvalue weighted by atomic mass is 10.1. The van der Waals surface area contributed by atoms with E-state index in [1.54, 1.807) is 18.2 Å². The van der Waals surface area contributed by atoms with E-state index in [0.29, 0.717) is 24.3 Å². The number of methoxy groups -OCH3 is 1. The van der Waals surface area contributed by atoms with Gasteiger partial charge in [0.05, 0.1) is 7.11 Å². The van der Waals surface area contributed by atoms with Crippen LogP contribution in [0, 0.1) is 29.1 Å². The third-order valence-electron chi connectivity index (χ3n) is 3.32. The zero-order valence-electron chi connectivity index (χ0n) is 12.6. The maximum absolute atomic E-state index is 13.6. The Kier molecular flexibility index (Phi) is 5.61. The Labute approximate surface area is 134 Å². The fourth-order valence-electron chi connectivity index (χ4n) is 2.13. The third kappa shape index (κ3) is 3.43. The number of hydrogen-bond acceptors (Lipinski definition) is 3. The Bertz CT molecular complexity index is 723. The molecular weight excluding hydrogens is 333 g/mol. The molecule has 2 rings (SSSR count). The van der Waals surface area contributed by atoms with Crippen molar-refractivity contribution >= 4 is 0 Å². The molecular formula is C16H14F5NO2. The summed E-state index contributed by atoms with van der Waals surface area (Å²) in [7, 11) is 1.37. The van der Waals surface area contributed by atoms with Gasteiger partial charge >= 0.3 is 0 Å². The Morgan fingerprint density at radius 1 is 0.917 bits per heavy atom. The minimum atomic E-state index is -2.24. The summed E-state index contributed by atoms with van der Waals surface area (Å²) in [5, 5.41) is 0. The van der Waals surface area contributed by atoms with E-state index in [4.69, 9.17) is 15.2 Å². The van der Waals surface area contributed by atoms with Gasteiger partial charge in [-0.2, -0.15) is 8.78 Å². The minimum Gasteiger partial charge on any atom is -0.496 e. The van der Waals surface area contributed by atoms with Crippen molar-refractivity contribution in [3.05, 3.63) is 58.4 Å². The Balaban J connectivity index is 2.33. The molecule has 0 bridgehead atoms. The van der Waals surface area contributed by atoms with Gasteiger partial charge in [0, 0.05) is 5.56 Å². The SMILES string of the molecule is COc1ccc(CCN)cc1COc1c(F)c(F)c(F)c(F)c1F. The molecule has 0 fully saturated rings. The number of benzene rings is 2. The average molecular weight is 347 g/mol. The first kappa shape index (κ1) is 18.0. The van der Waals surface area contributed by atoms with E-state index in [9.17, 15) is 22.0 Å². The summed E-state index contributed by atoms with van der Waals surface area (Å²) in [6.45, 7) is -0.0653. The van der Waals surface area contributed by atoms with E-state index in [2.05, 4.69) is 0 Å². The number of ether oxygens (including phenoxy) is 2. The largest absolute Gasteiger partial charge is 0.496 e. The normalized spacial score (nSPS) is 10.8. The van der Waals surface area contributed by atoms with Crippen molar-refractivity contribution in [2.75, 3.05) is 13.7 Å². The van der Waals surface area contributed by atoms with Crippen LogP contribution in [0.4, 0.5) is 22.0 Å². The summed E-state index contributed by atoms with van der Waals surface area (Å²) in [5.74, 6) is -11.4. The van der Waals surface area contributed by atoms with Crippen LogP contribution in [0.25, 0.3) is 0 Å². The van der Waals surface area contributed by atoms with Crippen molar-refractivity contribution in [3.63, 3.8) is 0 Å². The van der Waals surface area contributed by atoms with Crippen LogP contribution in [0.5, 0.6) is 11.5 Å². The number of hydrogen-bond donors (Lipinski definition) is 1. The van der Waals surface area contributed by atoms with Crippen molar-refractivity contribution in [1.82, 2.24) is 0 Å². The van der Waals surface area contributed by atoms with Crippen LogP contribution in [-0.4, -0.2) is 13.7 Å². The van der Waals surface area contributed by atoms with Crippen LogP contribution in [0.1, 0.15) is 11.1 Å². The highest BCUT2D eigenvalue weighted by Crippen LogP contribution is 2.30. The first-order chi connectivity index (χ1) is 11.4. The van der Waals surface area contributed by atoms with Gasteiger partial charge in [-0.25, -0.2) is 13.2 Å². The molecule has 0 aliphatic rings. The first-order valence-electron chi connectivity index (χ1n) is 6.90. The molecule has 130 valence electrons. The predicted molar refractivity (Wildman–Crippen MR) is 76.3 cm³/mol. The van der Waals surface area contributed by atoms with Crippen molar-refractivity contribution in [1.29, 1.82) is 0 Å². The van der Waals surface area contributed by atoms with Crippen LogP contribution >= 0.6 is 0 Å². The second-order valence-corrected chi connectivity index (χ2v) is 4.87. The van der Waals surface area contributed by atoms with E-state index in [1.165, 1.54) is 7.11 Å². The number of rotatable bonds is 6. The number of halogens is 5. The van der Waals surface area contributed by atoms with Crippen molar-refractivity contribution in [2.24, 2.45) is 5.73 Å². The van der Waals surface area contributed by atoms with Gasteiger partial charge in [-0.15, -0.1) is 0 Å².